The number of nitrogens with one attached hydrogen (secondary N) is 2. The van der Waals surface area contributed by atoms with Crippen LogP contribution in [0.1, 0.15) is 10.4 Å². The Kier molecular flexibility index (Phi) is 5.41. The van der Waals surface area contributed by atoms with Crippen LogP contribution in [-0.4, -0.2) is 36.1 Å². The third-order valence-electron chi connectivity index (χ3n) is 3.63. The van der Waals surface area contributed by atoms with Gasteiger partial charge in [-0.25, -0.2) is 4.98 Å². The summed E-state index contributed by atoms with van der Waals surface area (Å²) in [5.41, 5.74) is 1.51. The fraction of sp³-hybridized carbons (Fsp3) is 0.167. The number of hydrogen-bond donors (Lipinski definition) is 2. The molecule has 1 aromatic carbocycles. The first-order valence-electron chi connectivity index (χ1n) is 7.89. The topological polar surface area (TPSA) is 71.1 Å². The molecule has 2 amide bonds. The molecule has 0 aliphatic rings. The minimum Gasteiger partial charge on any atom is -0.345 e. The fourth-order valence-electron chi connectivity index (χ4n) is 2.43. The van der Waals surface area contributed by atoms with Gasteiger partial charge in [0.25, 0.3) is 5.91 Å². The number of halogens is 3. The quantitative estimate of drug-likeness (QED) is 0.698. The monoisotopic (exact) mass is 393 g/mol. The summed E-state index contributed by atoms with van der Waals surface area (Å²) in [6, 6.07) is 12.4. The Hall–Kier alpha value is -2.94. The first-order chi connectivity index (χ1) is 12.8. The lowest BCUT2D eigenvalue weighted by Gasteiger charge is -2.11. The van der Waals surface area contributed by atoms with Crippen LogP contribution < -0.4 is 10.6 Å². The average molecular weight is 393 g/mol. The van der Waals surface area contributed by atoms with Crippen LogP contribution in [0, 0.1) is 0 Å². The third kappa shape index (κ3) is 4.82. The van der Waals surface area contributed by atoms with Crippen molar-refractivity contribution in [2.45, 2.75) is 6.18 Å². The number of carbonyl (C=O) groups is 2. The summed E-state index contributed by atoms with van der Waals surface area (Å²) in [6.07, 6.45) is -4.50. The van der Waals surface area contributed by atoms with E-state index in [-0.39, 0.29) is 0 Å². The van der Waals surface area contributed by atoms with Crippen molar-refractivity contribution in [3.63, 3.8) is 0 Å². The van der Waals surface area contributed by atoms with Crippen LogP contribution in [0.4, 0.5) is 13.2 Å². The van der Waals surface area contributed by atoms with Crippen molar-refractivity contribution in [1.82, 2.24) is 15.6 Å². The molecule has 27 heavy (non-hydrogen) atoms. The number of thiophene rings is 1. The second-order valence-corrected chi connectivity index (χ2v) is 6.57. The van der Waals surface area contributed by atoms with E-state index in [2.05, 4.69) is 10.3 Å². The molecule has 0 saturated carbocycles. The lowest BCUT2D eigenvalue weighted by atomic mass is 10.1. The second-order valence-electron chi connectivity index (χ2n) is 5.62. The van der Waals surface area contributed by atoms with Crippen LogP contribution in [-0.2, 0) is 4.79 Å². The number of benzene rings is 1. The number of hydrogen-bond acceptors (Lipinski definition) is 4. The number of rotatable bonds is 5. The highest BCUT2D eigenvalue weighted by Gasteiger charge is 2.27. The first kappa shape index (κ1) is 18.8. The van der Waals surface area contributed by atoms with Crippen molar-refractivity contribution >= 4 is 34.1 Å². The van der Waals surface area contributed by atoms with E-state index < -0.39 is 31.1 Å². The number of para-hydroxylation sites is 1. The number of aromatic nitrogens is 1. The molecule has 0 spiro atoms. The summed E-state index contributed by atoms with van der Waals surface area (Å²) >= 11 is 1.47. The van der Waals surface area contributed by atoms with Crippen molar-refractivity contribution in [2.24, 2.45) is 0 Å². The van der Waals surface area contributed by atoms with Gasteiger partial charge in [0, 0.05) is 5.39 Å². The number of alkyl halides is 3. The van der Waals surface area contributed by atoms with E-state index in [9.17, 15) is 22.8 Å². The van der Waals surface area contributed by atoms with Gasteiger partial charge in [-0.3, -0.25) is 9.59 Å². The number of amides is 2. The van der Waals surface area contributed by atoms with Gasteiger partial charge in [0.1, 0.15) is 6.54 Å². The third-order valence-corrected chi connectivity index (χ3v) is 4.52. The predicted octanol–water partition coefficient (Wildman–Crippen LogP) is 3.37. The molecule has 0 bridgehead atoms. The van der Waals surface area contributed by atoms with Crippen LogP contribution >= 0.6 is 11.3 Å². The van der Waals surface area contributed by atoms with Crippen molar-refractivity contribution in [2.75, 3.05) is 13.1 Å². The molecule has 5 nitrogen and oxygen atoms in total. The van der Waals surface area contributed by atoms with Gasteiger partial charge >= 0.3 is 6.18 Å². The van der Waals surface area contributed by atoms with Gasteiger partial charge in [-0.05, 0) is 23.6 Å². The van der Waals surface area contributed by atoms with E-state index in [4.69, 9.17) is 0 Å². The van der Waals surface area contributed by atoms with Crippen molar-refractivity contribution in [3.05, 3.63) is 53.4 Å². The lowest BCUT2D eigenvalue weighted by Crippen LogP contribution is -2.40. The largest absolute Gasteiger partial charge is 0.405 e. The Morgan fingerprint density at radius 3 is 2.56 bits per heavy atom. The summed E-state index contributed by atoms with van der Waals surface area (Å²) in [5.74, 6) is -1.48. The Balaban J connectivity index is 1.80. The highest BCUT2D eigenvalue weighted by Crippen LogP contribution is 2.27. The molecule has 0 atom stereocenters. The Bertz CT molecular complexity index is 972. The van der Waals surface area contributed by atoms with Crippen molar-refractivity contribution < 1.29 is 22.8 Å². The van der Waals surface area contributed by atoms with Gasteiger partial charge in [-0.15, -0.1) is 11.3 Å². The summed E-state index contributed by atoms with van der Waals surface area (Å²) in [7, 11) is 0. The zero-order chi connectivity index (χ0) is 19.4. The molecular formula is C18H14F3N3O2S. The normalized spacial score (nSPS) is 11.4. The molecule has 0 fully saturated rings. The molecule has 2 heterocycles. The first-order valence-corrected chi connectivity index (χ1v) is 8.77. The summed E-state index contributed by atoms with van der Waals surface area (Å²) in [6.45, 7) is -2.00. The minimum atomic E-state index is -4.50. The van der Waals surface area contributed by atoms with Crippen LogP contribution in [0.2, 0.25) is 0 Å². The molecular weight excluding hydrogens is 379 g/mol. The molecule has 0 aliphatic carbocycles. The van der Waals surface area contributed by atoms with Gasteiger partial charge < -0.3 is 10.6 Å². The lowest BCUT2D eigenvalue weighted by molar-refractivity contribution is -0.137. The maximum atomic E-state index is 12.5. The molecule has 0 aliphatic heterocycles. The van der Waals surface area contributed by atoms with Crippen molar-refractivity contribution in [1.29, 1.82) is 0 Å². The van der Waals surface area contributed by atoms with Crippen molar-refractivity contribution in [3.8, 4) is 10.6 Å². The zero-order valence-corrected chi connectivity index (χ0v) is 14.7. The zero-order valence-electron chi connectivity index (χ0n) is 13.8. The summed E-state index contributed by atoms with van der Waals surface area (Å²) in [4.78, 5) is 29.5. The number of pyridine rings is 1. The molecule has 140 valence electrons. The molecule has 3 rings (SSSR count). The van der Waals surface area contributed by atoms with Crippen LogP contribution in [0.3, 0.4) is 0 Å². The van der Waals surface area contributed by atoms with Crippen LogP contribution in [0.15, 0.2) is 47.8 Å². The fourth-order valence-corrected chi connectivity index (χ4v) is 3.12. The SMILES string of the molecule is O=C(CNC(=O)c1cc(-c2cccs2)nc2ccccc12)NCC(F)(F)F. The molecule has 0 saturated heterocycles. The Morgan fingerprint density at radius 2 is 1.85 bits per heavy atom. The van der Waals surface area contributed by atoms with E-state index in [1.54, 1.807) is 35.6 Å². The van der Waals surface area contributed by atoms with E-state index in [1.807, 2.05) is 17.5 Å². The van der Waals surface area contributed by atoms with E-state index in [0.717, 1.165) is 4.88 Å². The molecule has 0 radical (unpaired) electrons. The standard InChI is InChI=1S/C18H14F3N3O2S/c19-18(20,21)10-23-16(25)9-22-17(26)12-8-14(15-6-3-7-27-15)24-13-5-2-1-4-11(12)13/h1-8H,9-10H2,(H,22,26)(H,23,25). The van der Waals surface area contributed by atoms with Gasteiger partial charge in [-0.1, -0.05) is 24.3 Å². The smallest absolute Gasteiger partial charge is 0.345 e. The maximum absolute atomic E-state index is 12.5. The molecule has 2 aromatic heterocycles. The second kappa shape index (κ2) is 7.75. The summed E-state index contributed by atoms with van der Waals surface area (Å²) < 4.78 is 36.4. The molecule has 0 unspecified atom stereocenters. The highest BCUT2D eigenvalue weighted by molar-refractivity contribution is 7.13. The molecule has 3 aromatic rings. The van der Waals surface area contributed by atoms with E-state index in [1.165, 1.54) is 11.3 Å². The number of nitrogens with zero attached hydrogens (tertiary/aromatic N) is 1. The average Bonchev–Trinajstić information content (AvgIpc) is 3.17. The molecule has 2 N–H and O–H groups in total. The van der Waals surface area contributed by atoms with Gasteiger partial charge in [0.15, 0.2) is 0 Å². The Morgan fingerprint density at radius 1 is 1.07 bits per heavy atom. The Labute approximate surface area is 156 Å². The summed E-state index contributed by atoms with van der Waals surface area (Å²) in [5, 5.41) is 6.54. The van der Waals surface area contributed by atoms with Crippen LogP contribution in [0.25, 0.3) is 21.5 Å². The highest BCUT2D eigenvalue weighted by atomic mass is 32.1. The maximum Gasteiger partial charge on any atom is 0.405 e. The van der Waals surface area contributed by atoms with Gasteiger partial charge in [-0.2, -0.15) is 13.2 Å². The van der Waals surface area contributed by atoms with E-state index >= 15 is 0 Å². The minimum absolute atomic E-state index is 0.299. The van der Waals surface area contributed by atoms with Gasteiger partial charge in [0.05, 0.1) is 28.2 Å². The predicted molar refractivity (Wildman–Crippen MR) is 96.5 cm³/mol. The van der Waals surface area contributed by atoms with Crippen LogP contribution in [0.5, 0.6) is 0 Å². The van der Waals surface area contributed by atoms with Gasteiger partial charge in [0.2, 0.25) is 5.91 Å². The molecule has 9 heteroatoms. The van der Waals surface area contributed by atoms with E-state index in [0.29, 0.717) is 22.2 Å². The number of carbonyl (C=O) groups excluding carboxylic acids is 2. The number of fused-ring (bicyclic) bond motifs is 1.